The molecule has 2 rings (SSSR count). The minimum Gasteiger partial charge on any atom is -0.391 e. The van der Waals surface area contributed by atoms with Crippen LogP contribution in [0.5, 0.6) is 0 Å². The fraction of sp³-hybridized carbons (Fsp3) is 0.786. The zero-order chi connectivity index (χ0) is 13.1. The highest BCUT2D eigenvalue weighted by Gasteiger charge is 2.21. The van der Waals surface area contributed by atoms with Gasteiger partial charge in [0.05, 0.1) is 17.2 Å². The number of aliphatic hydroxyl groups excluding tert-OH is 1. The van der Waals surface area contributed by atoms with Crippen molar-refractivity contribution < 1.29 is 5.11 Å². The maximum absolute atomic E-state index is 9.25. The third kappa shape index (κ3) is 3.04. The first kappa shape index (κ1) is 13.8. The molecule has 4 heteroatoms. The molecular weight excluding hydrogens is 244 g/mol. The summed E-state index contributed by atoms with van der Waals surface area (Å²) in [5, 5.41) is 10.4. The van der Waals surface area contributed by atoms with E-state index in [4.69, 9.17) is 0 Å². The standard InChI is InChI=1S/C14H24N2OS/c1-10(2)12-5-4-7-16(8-6-12)14-15-11(3)13(9-17)18-14/h10,12,17H,4-9H2,1-3H3. The quantitative estimate of drug-likeness (QED) is 0.914. The molecule has 1 unspecified atom stereocenters. The van der Waals surface area contributed by atoms with E-state index < -0.39 is 0 Å². The van der Waals surface area contributed by atoms with Crippen LogP contribution < -0.4 is 4.90 Å². The molecular formula is C14H24N2OS. The zero-order valence-corrected chi connectivity index (χ0v) is 12.5. The molecule has 18 heavy (non-hydrogen) atoms. The first-order valence-corrected chi connectivity index (χ1v) is 7.75. The van der Waals surface area contributed by atoms with Crippen molar-refractivity contribution in [2.45, 2.75) is 46.6 Å². The Balaban J connectivity index is 2.05. The lowest BCUT2D eigenvalue weighted by atomic mass is 9.89. The van der Waals surface area contributed by atoms with Crippen LogP contribution in [-0.2, 0) is 6.61 Å². The van der Waals surface area contributed by atoms with E-state index in [1.807, 2.05) is 6.92 Å². The molecule has 1 aliphatic rings. The Hall–Kier alpha value is -0.610. The van der Waals surface area contributed by atoms with E-state index in [0.717, 1.165) is 40.6 Å². The van der Waals surface area contributed by atoms with Gasteiger partial charge in [0.1, 0.15) is 0 Å². The van der Waals surface area contributed by atoms with E-state index >= 15 is 0 Å². The van der Waals surface area contributed by atoms with Gasteiger partial charge >= 0.3 is 0 Å². The lowest BCUT2D eigenvalue weighted by Crippen LogP contribution is -2.24. The first-order valence-electron chi connectivity index (χ1n) is 6.94. The molecule has 1 N–H and O–H groups in total. The summed E-state index contributed by atoms with van der Waals surface area (Å²) in [6, 6.07) is 0. The average Bonchev–Trinajstić information content (AvgIpc) is 2.58. The van der Waals surface area contributed by atoms with Crippen LogP contribution in [0.15, 0.2) is 0 Å². The van der Waals surface area contributed by atoms with Gasteiger partial charge in [0, 0.05) is 13.1 Å². The highest BCUT2D eigenvalue weighted by Crippen LogP contribution is 2.30. The summed E-state index contributed by atoms with van der Waals surface area (Å²) in [7, 11) is 0. The molecule has 1 fully saturated rings. The van der Waals surface area contributed by atoms with Gasteiger partial charge in [0.2, 0.25) is 0 Å². The number of aryl methyl sites for hydroxylation is 1. The summed E-state index contributed by atoms with van der Waals surface area (Å²) in [5.41, 5.74) is 0.988. The van der Waals surface area contributed by atoms with Gasteiger partial charge in [-0.25, -0.2) is 4.98 Å². The van der Waals surface area contributed by atoms with Crippen LogP contribution in [0.1, 0.15) is 43.7 Å². The Bertz CT molecular complexity index is 389. The molecule has 3 nitrogen and oxygen atoms in total. The van der Waals surface area contributed by atoms with E-state index in [2.05, 4.69) is 23.7 Å². The summed E-state index contributed by atoms with van der Waals surface area (Å²) in [5.74, 6) is 1.64. The van der Waals surface area contributed by atoms with Crippen molar-refractivity contribution in [2.75, 3.05) is 18.0 Å². The normalized spacial score (nSPS) is 21.4. The van der Waals surface area contributed by atoms with Gasteiger partial charge in [-0.05, 0) is 38.0 Å². The summed E-state index contributed by atoms with van der Waals surface area (Å²) in [4.78, 5) is 8.01. The molecule has 0 bridgehead atoms. The topological polar surface area (TPSA) is 36.4 Å². The highest BCUT2D eigenvalue weighted by atomic mass is 32.1. The molecule has 1 aromatic heterocycles. The van der Waals surface area contributed by atoms with E-state index in [1.165, 1.54) is 19.3 Å². The van der Waals surface area contributed by atoms with Gasteiger partial charge in [-0.2, -0.15) is 0 Å². The number of aromatic nitrogens is 1. The second kappa shape index (κ2) is 6.02. The van der Waals surface area contributed by atoms with E-state index in [-0.39, 0.29) is 6.61 Å². The molecule has 0 spiro atoms. The number of hydrogen-bond donors (Lipinski definition) is 1. The van der Waals surface area contributed by atoms with Gasteiger partial charge in [-0.1, -0.05) is 25.2 Å². The van der Waals surface area contributed by atoms with Crippen LogP contribution in [0.4, 0.5) is 5.13 Å². The molecule has 0 radical (unpaired) electrons. The summed E-state index contributed by atoms with van der Waals surface area (Å²) >= 11 is 1.65. The fourth-order valence-electron chi connectivity index (χ4n) is 2.67. The second-order valence-corrected chi connectivity index (χ2v) is 6.65. The zero-order valence-electron chi connectivity index (χ0n) is 11.6. The monoisotopic (exact) mass is 268 g/mol. The molecule has 1 atom stereocenters. The van der Waals surface area contributed by atoms with Gasteiger partial charge in [-0.15, -0.1) is 0 Å². The largest absolute Gasteiger partial charge is 0.391 e. The maximum atomic E-state index is 9.25. The van der Waals surface area contributed by atoms with Crippen molar-refractivity contribution in [3.63, 3.8) is 0 Å². The number of hydrogen-bond acceptors (Lipinski definition) is 4. The van der Waals surface area contributed by atoms with Crippen LogP contribution in [0.2, 0.25) is 0 Å². The SMILES string of the molecule is Cc1nc(N2CCCC(C(C)C)CC2)sc1CO. The van der Waals surface area contributed by atoms with Crippen molar-refractivity contribution in [3.05, 3.63) is 10.6 Å². The maximum Gasteiger partial charge on any atom is 0.185 e. The molecule has 0 saturated carbocycles. The summed E-state index contributed by atoms with van der Waals surface area (Å²) in [6.07, 6.45) is 3.87. The molecule has 0 aliphatic carbocycles. The van der Waals surface area contributed by atoms with E-state index in [9.17, 15) is 5.11 Å². The molecule has 2 heterocycles. The number of thiazole rings is 1. The van der Waals surface area contributed by atoms with Crippen LogP contribution in [0.25, 0.3) is 0 Å². The van der Waals surface area contributed by atoms with Crippen molar-refractivity contribution in [1.82, 2.24) is 4.98 Å². The second-order valence-electron chi connectivity index (χ2n) is 5.59. The third-order valence-corrected chi connectivity index (χ3v) is 5.21. The minimum atomic E-state index is 0.117. The molecule has 102 valence electrons. The Kier molecular flexibility index (Phi) is 4.62. The van der Waals surface area contributed by atoms with Crippen molar-refractivity contribution in [1.29, 1.82) is 0 Å². The number of anilines is 1. The average molecular weight is 268 g/mol. The Labute approximate surface area is 114 Å². The third-order valence-electron chi connectivity index (χ3n) is 4.01. The van der Waals surface area contributed by atoms with Gasteiger partial charge < -0.3 is 10.0 Å². The fourth-order valence-corrected chi connectivity index (χ4v) is 3.65. The van der Waals surface area contributed by atoms with Crippen LogP contribution in [0, 0.1) is 18.8 Å². The number of rotatable bonds is 3. The van der Waals surface area contributed by atoms with Crippen LogP contribution in [0.3, 0.4) is 0 Å². The lowest BCUT2D eigenvalue weighted by molar-refractivity contribution is 0.284. The summed E-state index contributed by atoms with van der Waals surface area (Å²) in [6.45, 7) is 8.99. The Morgan fingerprint density at radius 3 is 2.78 bits per heavy atom. The highest BCUT2D eigenvalue weighted by molar-refractivity contribution is 7.15. The Morgan fingerprint density at radius 2 is 2.17 bits per heavy atom. The van der Waals surface area contributed by atoms with Crippen molar-refractivity contribution in [3.8, 4) is 0 Å². The Morgan fingerprint density at radius 1 is 1.39 bits per heavy atom. The molecule has 0 aromatic carbocycles. The first-order chi connectivity index (χ1) is 8.61. The molecule has 1 aromatic rings. The van der Waals surface area contributed by atoms with Gasteiger partial charge in [0.25, 0.3) is 0 Å². The van der Waals surface area contributed by atoms with Gasteiger partial charge in [-0.3, -0.25) is 0 Å². The summed E-state index contributed by atoms with van der Waals surface area (Å²) < 4.78 is 0. The van der Waals surface area contributed by atoms with Crippen molar-refractivity contribution in [2.24, 2.45) is 11.8 Å². The molecule has 1 aliphatic heterocycles. The van der Waals surface area contributed by atoms with Crippen LogP contribution in [-0.4, -0.2) is 23.2 Å². The van der Waals surface area contributed by atoms with E-state index in [1.54, 1.807) is 11.3 Å². The molecule has 0 amide bonds. The minimum absolute atomic E-state index is 0.117. The van der Waals surface area contributed by atoms with Crippen molar-refractivity contribution >= 4 is 16.5 Å². The predicted molar refractivity (Wildman–Crippen MR) is 77.2 cm³/mol. The smallest absolute Gasteiger partial charge is 0.185 e. The van der Waals surface area contributed by atoms with Crippen LogP contribution >= 0.6 is 11.3 Å². The number of nitrogens with zero attached hydrogens (tertiary/aromatic N) is 2. The predicted octanol–water partition coefficient (Wildman–Crippen LogP) is 3.21. The molecule has 1 saturated heterocycles. The van der Waals surface area contributed by atoms with E-state index in [0.29, 0.717) is 0 Å². The number of aliphatic hydroxyl groups is 1. The lowest BCUT2D eigenvalue weighted by Gasteiger charge is -2.20. The van der Waals surface area contributed by atoms with Gasteiger partial charge in [0.15, 0.2) is 5.13 Å².